The maximum atomic E-state index is 13.0. The van der Waals surface area contributed by atoms with E-state index in [1.165, 1.54) is 0 Å². The molecule has 6 heteroatoms. The molecule has 2 aromatic carbocycles. The lowest BCUT2D eigenvalue weighted by atomic mass is 9.85. The van der Waals surface area contributed by atoms with Crippen molar-refractivity contribution in [1.82, 2.24) is 4.98 Å². The number of benzene rings is 2. The molecule has 1 aliphatic rings. The second kappa shape index (κ2) is 9.63. The number of ether oxygens (including phenoxy) is 2. The third-order valence-corrected chi connectivity index (χ3v) is 5.82. The molecule has 1 aromatic heterocycles. The van der Waals surface area contributed by atoms with E-state index in [4.69, 9.17) is 9.47 Å². The predicted octanol–water partition coefficient (Wildman–Crippen LogP) is 4.94. The number of aliphatic hydroxyl groups is 1. The van der Waals surface area contributed by atoms with Gasteiger partial charge in [0.05, 0.1) is 24.3 Å². The molecule has 0 radical (unpaired) electrons. The molecule has 4 rings (SSSR count). The first kappa shape index (κ1) is 22.8. The van der Waals surface area contributed by atoms with Crippen molar-refractivity contribution >= 4 is 5.97 Å². The molecule has 0 saturated heterocycles. The first-order valence-electron chi connectivity index (χ1n) is 11.3. The highest BCUT2D eigenvalue weighted by Crippen LogP contribution is 2.48. The highest BCUT2D eigenvalue weighted by molar-refractivity contribution is 5.95. The lowest BCUT2D eigenvalue weighted by Crippen LogP contribution is -2.19. The zero-order valence-electron chi connectivity index (χ0n) is 19.2. The summed E-state index contributed by atoms with van der Waals surface area (Å²) in [6.45, 7) is 5.61. The van der Waals surface area contributed by atoms with Crippen LogP contribution in [0.3, 0.4) is 0 Å². The monoisotopic (exact) mass is 447 g/mol. The third-order valence-electron chi connectivity index (χ3n) is 5.82. The number of esters is 1. The summed E-state index contributed by atoms with van der Waals surface area (Å²) in [5, 5.41) is 21.2. The first-order chi connectivity index (χ1) is 15.9. The van der Waals surface area contributed by atoms with Crippen LogP contribution < -0.4 is 4.74 Å². The molecular weight excluding hydrogens is 418 g/mol. The van der Waals surface area contributed by atoms with Gasteiger partial charge in [-0.05, 0) is 37.0 Å². The van der Waals surface area contributed by atoms with Crippen molar-refractivity contribution in [1.29, 1.82) is 0 Å². The molecule has 2 heterocycles. The Kier molecular flexibility index (Phi) is 6.65. The number of para-hydroxylation sites is 1. The summed E-state index contributed by atoms with van der Waals surface area (Å²) < 4.78 is 11.7. The highest BCUT2D eigenvalue weighted by Gasteiger charge is 2.33. The molecule has 0 saturated carbocycles. The Hall–Kier alpha value is -3.38. The number of hydrogen-bond donors (Lipinski definition) is 2. The second-order valence-corrected chi connectivity index (χ2v) is 8.65. The minimum absolute atomic E-state index is 0.0985. The molecule has 172 valence electrons. The molecule has 0 atom stereocenters. The van der Waals surface area contributed by atoms with E-state index in [9.17, 15) is 15.0 Å². The minimum Gasteiger partial charge on any atom is -0.507 e. The smallest absolute Gasteiger partial charge is 0.338 e. The van der Waals surface area contributed by atoms with Gasteiger partial charge in [-0.3, -0.25) is 4.98 Å². The van der Waals surface area contributed by atoms with Gasteiger partial charge in [0.25, 0.3) is 0 Å². The van der Waals surface area contributed by atoms with E-state index in [-0.39, 0.29) is 18.3 Å². The summed E-state index contributed by atoms with van der Waals surface area (Å²) in [4.78, 5) is 17.4. The van der Waals surface area contributed by atoms with Gasteiger partial charge in [-0.15, -0.1) is 0 Å². The number of carbonyl (C=O) groups is 1. The lowest BCUT2D eigenvalue weighted by Gasteiger charge is -2.28. The number of carbonyl (C=O) groups excluding carboxylic acids is 1. The van der Waals surface area contributed by atoms with Gasteiger partial charge in [-0.25, -0.2) is 4.79 Å². The largest absolute Gasteiger partial charge is 0.507 e. The van der Waals surface area contributed by atoms with E-state index in [2.05, 4.69) is 4.98 Å². The van der Waals surface area contributed by atoms with Crippen LogP contribution in [0.4, 0.5) is 0 Å². The van der Waals surface area contributed by atoms with Gasteiger partial charge in [0.15, 0.2) is 0 Å². The molecule has 3 aromatic rings. The number of aromatic hydroxyl groups is 1. The van der Waals surface area contributed by atoms with Gasteiger partial charge in [0, 0.05) is 41.4 Å². The number of aliphatic hydroxyl groups excluding tert-OH is 1. The van der Waals surface area contributed by atoms with Crippen molar-refractivity contribution in [2.45, 2.75) is 46.6 Å². The van der Waals surface area contributed by atoms with Gasteiger partial charge in [-0.1, -0.05) is 38.1 Å². The van der Waals surface area contributed by atoms with Crippen LogP contribution in [0.5, 0.6) is 17.2 Å². The van der Waals surface area contributed by atoms with Crippen LogP contribution in [-0.4, -0.2) is 27.8 Å². The maximum Gasteiger partial charge on any atom is 0.338 e. The molecule has 0 fully saturated rings. The van der Waals surface area contributed by atoms with Crippen molar-refractivity contribution in [3.05, 3.63) is 81.7 Å². The van der Waals surface area contributed by atoms with Crippen LogP contribution in [0.25, 0.3) is 0 Å². The molecular formula is C27H29NO5. The normalized spacial score (nSPS) is 12.2. The van der Waals surface area contributed by atoms with Crippen LogP contribution in [0.15, 0.2) is 42.6 Å². The van der Waals surface area contributed by atoms with Gasteiger partial charge < -0.3 is 19.7 Å². The Balaban J connectivity index is 1.87. The third kappa shape index (κ3) is 4.44. The topological polar surface area (TPSA) is 88.9 Å². The number of hydrogen-bond acceptors (Lipinski definition) is 6. The van der Waals surface area contributed by atoms with Gasteiger partial charge in [0.1, 0.15) is 17.2 Å². The minimum atomic E-state index is -0.485. The average molecular weight is 448 g/mol. The van der Waals surface area contributed by atoms with Gasteiger partial charge >= 0.3 is 5.97 Å². The number of rotatable bonds is 7. The average Bonchev–Trinajstić information content (AvgIpc) is 2.79. The quantitative estimate of drug-likeness (QED) is 0.390. The van der Waals surface area contributed by atoms with Crippen LogP contribution in [0.1, 0.15) is 64.6 Å². The lowest BCUT2D eigenvalue weighted by molar-refractivity contribution is 0.0522. The Labute approximate surface area is 193 Å². The molecule has 6 nitrogen and oxygen atoms in total. The first-order valence-corrected chi connectivity index (χ1v) is 11.3. The van der Waals surface area contributed by atoms with E-state index in [0.29, 0.717) is 53.0 Å². The molecule has 0 amide bonds. The number of nitrogens with zero attached hydrogens (tertiary/aromatic N) is 1. The summed E-state index contributed by atoms with van der Waals surface area (Å²) in [6.07, 6.45) is 3.25. The Morgan fingerprint density at radius 3 is 2.64 bits per heavy atom. The van der Waals surface area contributed by atoms with Crippen LogP contribution >= 0.6 is 0 Å². The Morgan fingerprint density at radius 1 is 1.15 bits per heavy atom. The van der Waals surface area contributed by atoms with Crippen molar-refractivity contribution in [3.63, 3.8) is 0 Å². The molecule has 0 spiro atoms. The van der Waals surface area contributed by atoms with E-state index in [0.717, 1.165) is 16.8 Å². The van der Waals surface area contributed by atoms with E-state index in [1.807, 2.05) is 50.2 Å². The Morgan fingerprint density at radius 2 is 1.97 bits per heavy atom. The summed E-state index contributed by atoms with van der Waals surface area (Å²) in [5.74, 6) is 0.623. The van der Waals surface area contributed by atoms with E-state index >= 15 is 0 Å². The van der Waals surface area contributed by atoms with E-state index < -0.39 is 12.6 Å². The molecule has 1 aliphatic heterocycles. The maximum absolute atomic E-state index is 13.0. The number of phenols is 1. The van der Waals surface area contributed by atoms with E-state index in [1.54, 1.807) is 13.1 Å². The fourth-order valence-electron chi connectivity index (χ4n) is 4.42. The Bertz CT molecular complexity index is 1170. The second-order valence-electron chi connectivity index (χ2n) is 8.65. The number of pyridine rings is 1. The summed E-state index contributed by atoms with van der Waals surface area (Å²) in [6, 6.07) is 11.7. The van der Waals surface area contributed by atoms with Gasteiger partial charge in [0.2, 0.25) is 0 Å². The molecule has 0 aliphatic carbocycles. The van der Waals surface area contributed by atoms with Crippen LogP contribution in [0.2, 0.25) is 0 Å². The van der Waals surface area contributed by atoms with Crippen molar-refractivity contribution < 1.29 is 24.5 Å². The van der Waals surface area contributed by atoms with Crippen LogP contribution in [0, 0.1) is 5.92 Å². The zero-order chi connectivity index (χ0) is 23.5. The molecule has 0 bridgehead atoms. The van der Waals surface area contributed by atoms with Gasteiger partial charge in [-0.2, -0.15) is 0 Å². The fourth-order valence-corrected chi connectivity index (χ4v) is 4.42. The van der Waals surface area contributed by atoms with Crippen LogP contribution in [-0.2, 0) is 30.6 Å². The summed E-state index contributed by atoms with van der Waals surface area (Å²) >= 11 is 0. The standard InChI is InChI=1S/C27H29NO5/c1-4-32-27(31)23-20(12-16(2)3)24(30)22(15-29)26-21(23)14-18-9-7-8-17(25(18)33-26)13-19-10-5-6-11-28-19/h5-11,16,29-30H,4,12-15H2,1-3H3. The number of aromatic nitrogens is 1. The summed E-state index contributed by atoms with van der Waals surface area (Å²) in [7, 11) is 0. The highest BCUT2D eigenvalue weighted by atomic mass is 16.5. The molecule has 33 heavy (non-hydrogen) atoms. The molecule has 2 N–H and O–H groups in total. The van der Waals surface area contributed by atoms with Crippen molar-refractivity contribution in [3.8, 4) is 17.2 Å². The predicted molar refractivity (Wildman–Crippen MR) is 125 cm³/mol. The van der Waals surface area contributed by atoms with Crippen molar-refractivity contribution in [2.24, 2.45) is 5.92 Å². The zero-order valence-corrected chi connectivity index (χ0v) is 19.2. The SMILES string of the molecule is CCOC(=O)c1c(CC(C)C)c(O)c(CO)c2c1Cc1cccc(Cc3ccccn3)c1O2. The summed E-state index contributed by atoms with van der Waals surface area (Å²) in [5.41, 5.74) is 4.58. The molecule has 0 unspecified atom stereocenters. The fraction of sp³-hybridized carbons (Fsp3) is 0.333. The van der Waals surface area contributed by atoms with Crippen molar-refractivity contribution in [2.75, 3.05) is 6.61 Å². The number of fused-ring (bicyclic) bond motifs is 2.